The first-order valence-electron chi connectivity index (χ1n) is 6.97. The molecule has 0 unspecified atom stereocenters. The van der Waals surface area contributed by atoms with Crippen molar-refractivity contribution in [3.63, 3.8) is 0 Å². The summed E-state index contributed by atoms with van der Waals surface area (Å²) in [5.41, 5.74) is 2.28. The summed E-state index contributed by atoms with van der Waals surface area (Å²) in [6.45, 7) is 2.38. The second-order valence-electron chi connectivity index (χ2n) is 4.83. The Morgan fingerprint density at radius 1 is 1.27 bits per heavy atom. The summed E-state index contributed by atoms with van der Waals surface area (Å²) < 4.78 is 5.44. The summed E-state index contributed by atoms with van der Waals surface area (Å²) in [7, 11) is 0. The van der Waals surface area contributed by atoms with Gasteiger partial charge in [0.25, 0.3) is 5.91 Å². The number of carbonyl (C=O) groups excluding carboxylic acids is 1. The lowest BCUT2D eigenvalue weighted by Crippen LogP contribution is -2.23. The molecule has 116 valence electrons. The first-order valence-corrected chi connectivity index (χ1v) is 7.35. The normalized spacial score (nSPS) is 10.3. The van der Waals surface area contributed by atoms with Crippen LogP contribution in [0.3, 0.4) is 0 Å². The van der Waals surface area contributed by atoms with Gasteiger partial charge in [-0.15, -0.1) is 0 Å². The number of rotatable bonds is 6. The molecule has 4 nitrogen and oxygen atoms in total. The molecule has 0 saturated carbocycles. The van der Waals surface area contributed by atoms with E-state index < -0.39 is 0 Å². The number of hydrogen-bond acceptors (Lipinski definition) is 3. The molecule has 0 radical (unpaired) electrons. The molecule has 2 aromatic rings. The van der Waals surface area contributed by atoms with Gasteiger partial charge in [0, 0.05) is 22.7 Å². The van der Waals surface area contributed by atoms with Crippen molar-refractivity contribution in [1.29, 1.82) is 0 Å². The van der Waals surface area contributed by atoms with Gasteiger partial charge in [0.1, 0.15) is 12.4 Å². The number of aliphatic hydroxyl groups is 1. The number of aryl methyl sites for hydroxylation is 1. The van der Waals surface area contributed by atoms with Crippen molar-refractivity contribution in [3.8, 4) is 5.75 Å². The number of nitrogens with one attached hydrogen (secondary N) is 1. The third-order valence-electron chi connectivity index (χ3n) is 3.18. The highest BCUT2D eigenvalue weighted by Crippen LogP contribution is 2.19. The Hall–Kier alpha value is -2.04. The van der Waals surface area contributed by atoms with E-state index in [1.165, 1.54) is 0 Å². The fourth-order valence-corrected chi connectivity index (χ4v) is 2.13. The molecule has 5 heteroatoms. The Morgan fingerprint density at radius 3 is 2.77 bits per heavy atom. The van der Waals surface area contributed by atoms with E-state index in [0.29, 0.717) is 22.9 Å². The molecule has 0 fully saturated rings. The van der Waals surface area contributed by atoms with Crippen LogP contribution in [0.25, 0.3) is 0 Å². The van der Waals surface area contributed by atoms with Crippen molar-refractivity contribution in [2.75, 3.05) is 13.2 Å². The fraction of sp³-hybridized carbons (Fsp3) is 0.235. The SMILES string of the molecule is Cc1cc(C(=O)NCc2ccccc2OCCO)ccc1Cl. The number of aliphatic hydroxyl groups excluding tert-OH is 1. The predicted octanol–water partition coefficient (Wildman–Crippen LogP) is 2.95. The third kappa shape index (κ3) is 4.23. The Morgan fingerprint density at radius 2 is 2.05 bits per heavy atom. The van der Waals surface area contributed by atoms with Gasteiger partial charge < -0.3 is 15.2 Å². The standard InChI is InChI=1S/C17H18ClNO3/c1-12-10-13(6-7-15(12)18)17(21)19-11-14-4-2-3-5-16(14)22-9-8-20/h2-7,10,20H,8-9,11H2,1H3,(H,19,21). The molecule has 2 aromatic carbocycles. The van der Waals surface area contributed by atoms with Crippen LogP contribution in [-0.4, -0.2) is 24.2 Å². The first kappa shape index (κ1) is 16.3. The highest BCUT2D eigenvalue weighted by molar-refractivity contribution is 6.31. The molecule has 0 heterocycles. The Kier molecular flexibility index (Phi) is 5.81. The van der Waals surface area contributed by atoms with Crippen molar-refractivity contribution in [2.24, 2.45) is 0 Å². The number of hydrogen-bond donors (Lipinski definition) is 2. The zero-order valence-electron chi connectivity index (χ0n) is 12.3. The molecule has 0 saturated heterocycles. The van der Waals surface area contributed by atoms with Crippen LogP contribution in [0.2, 0.25) is 5.02 Å². The maximum atomic E-state index is 12.2. The first-order chi connectivity index (χ1) is 10.6. The van der Waals surface area contributed by atoms with Gasteiger partial charge in [-0.1, -0.05) is 29.8 Å². The van der Waals surface area contributed by atoms with Gasteiger partial charge in [-0.3, -0.25) is 4.79 Å². The summed E-state index contributed by atoms with van der Waals surface area (Å²) in [6.07, 6.45) is 0. The second-order valence-corrected chi connectivity index (χ2v) is 5.23. The number of ether oxygens (including phenoxy) is 1. The van der Waals surface area contributed by atoms with Crippen LogP contribution in [0.5, 0.6) is 5.75 Å². The van der Waals surface area contributed by atoms with E-state index in [-0.39, 0.29) is 19.1 Å². The van der Waals surface area contributed by atoms with E-state index in [1.54, 1.807) is 18.2 Å². The fourth-order valence-electron chi connectivity index (χ4n) is 2.01. The number of carbonyl (C=O) groups is 1. The monoisotopic (exact) mass is 319 g/mol. The molecule has 1 amide bonds. The molecule has 2 rings (SSSR count). The molecule has 0 spiro atoms. The number of para-hydroxylation sites is 1. The molecule has 2 N–H and O–H groups in total. The average Bonchev–Trinajstić information content (AvgIpc) is 2.54. The lowest BCUT2D eigenvalue weighted by atomic mass is 10.1. The topological polar surface area (TPSA) is 58.6 Å². The number of benzene rings is 2. The van der Waals surface area contributed by atoms with Crippen molar-refractivity contribution >= 4 is 17.5 Å². The Bertz CT molecular complexity index is 658. The lowest BCUT2D eigenvalue weighted by molar-refractivity contribution is 0.0950. The quantitative estimate of drug-likeness (QED) is 0.860. The van der Waals surface area contributed by atoms with Crippen LogP contribution >= 0.6 is 11.6 Å². The average molecular weight is 320 g/mol. The third-order valence-corrected chi connectivity index (χ3v) is 3.61. The van der Waals surface area contributed by atoms with Gasteiger partial charge in [-0.25, -0.2) is 0 Å². The predicted molar refractivity (Wildman–Crippen MR) is 86.4 cm³/mol. The minimum atomic E-state index is -0.170. The molecule has 0 atom stereocenters. The van der Waals surface area contributed by atoms with Crippen LogP contribution < -0.4 is 10.1 Å². The molecule has 22 heavy (non-hydrogen) atoms. The van der Waals surface area contributed by atoms with Gasteiger partial charge >= 0.3 is 0 Å². The van der Waals surface area contributed by atoms with Gasteiger partial charge in [-0.05, 0) is 36.8 Å². The summed E-state index contributed by atoms with van der Waals surface area (Å²) >= 11 is 5.96. The summed E-state index contributed by atoms with van der Waals surface area (Å²) in [5.74, 6) is 0.487. The van der Waals surface area contributed by atoms with E-state index >= 15 is 0 Å². The van der Waals surface area contributed by atoms with Crippen molar-refractivity contribution in [3.05, 3.63) is 64.2 Å². The molecule has 0 aliphatic carbocycles. The second kappa shape index (κ2) is 7.82. The van der Waals surface area contributed by atoms with Crippen LogP contribution in [0.1, 0.15) is 21.5 Å². The van der Waals surface area contributed by atoms with E-state index in [4.69, 9.17) is 21.4 Å². The van der Waals surface area contributed by atoms with Gasteiger partial charge in [-0.2, -0.15) is 0 Å². The van der Waals surface area contributed by atoms with Crippen molar-refractivity contribution in [1.82, 2.24) is 5.32 Å². The van der Waals surface area contributed by atoms with Gasteiger partial charge in [0.05, 0.1) is 6.61 Å². The molecule has 0 aromatic heterocycles. The zero-order chi connectivity index (χ0) is 15.9. The smallest absolute Gasteiger partial charge is 0.251 e. The minimum absolute atomic E-state index is 0.0508. The minimum Gasteiger partial charge on any atom is -0.491 e. The molecule has 0 bridgehead atoms. The van der Waals surface area contributed by atoms with Crippen LogP contribution in [-0.2, 0) is 6.54 Å². The maximum absolute atomic E-state index is 12.2. The Balaban J connectivity index is 2.03. The van der Waals surface area contributed by atoms with Crippen LogP contribution in [0.15, 0.2) is 42.5 Å². The molecular weight excluding hydrogens is 302 g/mol. The van der Waals surface area contributed by atoms with Gasteiger partial charge in [0.2, 0.25) is 0 Å². The molecule has 0 aliphatic rings. The van der Waals surface area contributed by atoms with Crippen LogP contribution in [0.4, 0.5) is 0 Å². The zero-order valence-corrected chi connectivity index (χ0v) is 13.1. The maximum Gasteiger partial charge on any atom is 0.251 e. The van der Waals surface area contributed by atoms with Crippen LogP contribution in [0, 0.1) is 6.92 Å². The number of amides is 1. The Labute approximate surface area is 134 Å². The van der Waals surface area contributed by atoms with E-state index in [9.17, 15) is 4.79 Å². The van der Waals surface area contributed by atoms with E-state index in [0.717, 1.165) is 11.1 Å². The molecule has 0 aliphatic heterocycles. The van der Waals surface area contributed by atoms with Crippen molar-refractivity contribution < 1.29 is 14.6 Å². The van der Waals surface area contributed by atoms with E-state index in [2.05, 4.69) is 5.32 Å². The molecular formula is C17H18ClNO3. The number of halogens is 1. The lowest BCUT2D eigenvalue weighted by Gasteiger charge is -2.12. The van der Waals surface area contributed by atoms with E-state index in [1.807, 2.05) is 31.2 Å². The highest BCUT2D eigenvalue weighted by atomic mass is 35.5. The largest absolute Gasteiger partial charge is 0.491 e. The van der Waals surface area contributed by atoms with Crippen molar-refractivity contribution in [2.45, 2.75) is 13.5 Å². The van der Waals surface area contributed by atoms with Gasteiger partial charge in [0.15, 0.2) is 0 Å². The summed E-state index contributed by atoms with van der Waals surface area (Å²) in [6, 6.07) is 12.6. The summed E-state index contributed by atoms with van der Waals surface area (Å²) in [4.78, 5) is 12.2. The summed E-state index contributed by atoms with van der Waals surface area (Å²) in [5, 5.41) is 12.3. The highest BCUT2D eigenvalue weighted by Gasteiger charge is 2.09.